The topological polar surface area (TPSA) is 66.8 Å². The first-order valence-corrected chi connectivity index (χ1v) is 5.32. The number of aliphatic carboxylic acids is 1. The molecule has 1 N–H and O–H groups in total. The Hall–Kier alpha value is -1.31. The van der Waals surface area contributed by atoms with Crippen molar-refractivity contribution in [2.75, 3.05) is 26.3 Å². The number of hydrogen-bond donors (Lipinski definition) is 1. The van der Waals surface area contributed by atoms with Crippen LogP contribution < -0.4 is 0 Å². The summed E-state index contributed by atoms with van der Waals surface area (Å²) in [6.45, 7) is 0.974. The summed E-state index contributed by atoms with van der Waals surface area (Å²) in [5.41, 5.74) is 0. The quantitative estimate of drug-likeness (QED) is 0.754. The summed E-state index contributed by atoms with van der Waals surface area (Å²) in [6, 6.07) is 0. The zero-order chi connectivity index (χ0) is 14.3. The fourth-order valence-corrected chi connectivity index (χ4v) is 1.16. The van der Waals surface area contributed by atoms with Crippen molar-refractivity contribution in [1.82, 2.24) is 4.90 Å². The standard InChI is InChI=1S/C10H16F3NO4/c1-3-14(4-7(2)9(16)17)8(15)5-18-6-10(11,12)13/h7H,3-6H2,1-2H3,(H,16,17). The molecular weight excluding hydrogens is 255 g/mol. The average molecular weight is 271 g/mol. The minimum absolute atomic E-state index is 0.0555. The van der Waals surface area contributed by atoms with Crippen LogP contribution >= 0.6 is 0 Å². The van der Waals surface area contributed by atoms with Crippen molar-refractivity contribution in [1.29, 1.82) is 0 Å². The highest BCUT2D eigenvalue weighted by atomic mass is 19.4. The Balaban J connectivity index is 4.15. The van der Waals surface area contributed by atoms with Crippen LogP contribution in [0.15, 0.2) is 0 Å². The molecule has 18 heavy (non-hydrogen) atoms. The predicted octanol–water partition coefficient (Wildman–Crippen LogP) is 1.13. The molecule has 0 rings (SSSR count). The fourth-order valence-electron chi connectivity index (χ4n) is 1.16. The van der Waals surface area contributed by atoms with E-state index in [1.165, 1.54) is 6.92 Å². The van der Waals surface area contributed by atoms with E-state index in [0.717, 1.165) is 4.90 Å². The predicted molar refractivity (Wildman–Crippen MR) is 55.9 cm³/mol. The third-order valence-electron chi connectivity index (χ3n) is 2.14. The molecule has 0 aromatic rings. The lowest BCUT2D eigenvalue weighted by molar-refractivity contribution is -0.177. The molecular formula is C10H16F3NO4. The molecule has 8 heteroatoms. The molecule has 0 heterocycles. The highest BCUT2D eigenvalue weighted by Crippen LogP contribution is 2.14. The minimum Gasteiger partial charge on any atom is -0.481 e. The number of carboxylic acid groups (broad SMARTS) is 1. The average Bonchev–Trinajstić information content (AvgIpc) is 2.23. The summed E-state index contributed by atoms with van der Waals surface area (Å²) in [6.07, 6.45) is -4.48. The van der Waals surface area contributed by atoms with E-state index in [4.69, 9.17) is 5.11 Å². The maximum absolute atomic E-state index is 11.8. The second-order valence-electron chi connectivity index (χ2n) is 3.78. The van der Waals surface area contributed by atoms with Gasteiger partial charge in [-0.2, -0.15) is 13.2 Å². The Bertz CT molecular complexity index is 293. The third-order valence-corrected chi connectivity index (χ3v) is 2.14. The van der Waals surface area contributed by atoms with Crippen LogP contribution in [0.4, 0.5) is 13.2 Å². The Morgan fingerprint density at radius 3 is 2.33 bits per heavy atom. The third kappa shape index (κ3) is 7.10. The molecule has 0 bridgehead atoms. The Kier molecular flexibility index (Phi) is 6.67. The molecule has 5 nitrogen and oxygen atoms in total. The van der Waals surface area contributed by atoms with E-state index in [9.17, 15) is 22.8 Å². The van der Waals surface area contributed by atoms with Gasteiger partial charge in [-0.1, -0.05) is 6.92 Å². The van der Waals surface area contributed by atoms with Crippen molar-refractivity contribution in [3.8, 4) is 0 Å². The second kappa shape index (κ2) is 7.20. The molecule has 0 aromatic heterocycles. The van der Waals surface area contributed by atoms with Gasteiger partial charge in [-0.15, -0.1) is 0 Å². The summed E-state index contributed by atoms with van der Waals surface area (Å²) in [5.74, 6) is -2.51. The number of rotatable bonds is 7. The Labute approximate surface area is 103 Å². The van der Waals surface area contributed by atoms with Gasteiger partial charge in [0.05, 0.1) is 5.92 Å². The Morgan fingerprint density at radius 2 is 1.94 bits per heavy atom. The van der Waals surface area contributed by atoms with Gasteiger partial charge in [-0.3, -0.25) is 9.59 Å². The maximum Gasteiger partial charge on any atom is 0.411 e. The van der Waals surface area contributed by atoms with E-state index >= 15 is 0 Å². The maximum atomic E-state index is 11.8. The zero-order valence-electron chi connectivity index (χ0n) is 10.2. The van der Waals surface area contributed by atoms with Gasteiger partial charge in [0.15, 0.2) is 0 Å². The summed E-state index contributed by atoms with van der Waals surface area (Å²) < 4.78 is 39.6. The van der Waals surface area contributed by atoms with Gasteiger partial charge >= 0.3 is 12.1 Å². The molecule has 0 fully saturated rings. The lowest BCUT2D eigenvalue weighted by Gasteiger charge is -2.22. The highest BCUT2D eigenvalue weighted by Gasteiger charge is 2.28. The highest BCUT2D eigenvalue weighted by molar-refractivity contribution is 5.78. The van der Waals surface area contributed by atoms with Gasteiger partial charge < -0.3 is 14.7 Å². The second-order valence-corrected chi connectivity index (χ2v) is 3.78. The van der Waals surface area contributed by atoms with Crippen LogP contribution in [0.25, 0.3) is 0 Å². The number of halogens is 3. The van der Waals surface area contributed by atoms with E-state index in [2.05, 4.69) is 4.74 Å². The molecule has 1 atom stereocenters. The molecule has 0 aromatic carbocycles. The van der Waals surface area contributed by atoms with Gasteiger partial charge in [0.2, 0.25) is 5.91 Å². The first-order chi connectivity index (χ1) is 8.17. The number of carbonyl (C=O) groups is 2. The number of alkyl halides is 3. The number of carboxylic acids is 1. The van der Waals surface area contributed by atoms with Crippen LogP contribution in [0.5, 0.6) is 0 Å². The van der Waals surface area contributed by atoms with Crippen molar-refractivity contribution < 1.29 is 32.6 Å². The van der Waals surface area contributed by atoms with Crippen molar-refractivity contribution in [2.24, 2.45) is 5.92 Å². The summed E-state index contributed by atoms with van der Waals surface area (Å²) in [5, 5.41) is 8.67. The van der Waals surface area contributed by atoms with Crippen LogP contribution in [-0.2, 0) is 14.3 Å². The normalized spacial score (nSPS) is 13.2. The van der Waals surface area contributed by atoms with Crippen molar-refractivity contribution in [3.63, 3.8) is 0 Å². The fraction of sp³-hybridized carbons (Fsp3) is 0.800. The molecule has 0 spiro atoms. The van der Waals surface area contributed by atoms with Gasteiger partial charge in [0.25, 0.3) is 0 Å². The number of ether oxygens (including phenoxy) is 1. The van der Waals surface area contributed by atoms with Crippen molar-refractivity contribution in [2.45, 2.75) is 20.0 Å². The van der Waals surface area contributed by atoms with E-state index < -0.39 is 37.2 Å². The zero-order valence-corrected chi connectivity index (χ0v) is 10.2. The lowest BCUT2D eigenvalue weighted by atomic mass is 10.1. The monoisotopic (exact) mass is 271 g/mol. The van der Waals surface area contributed by atoms with E-state index in [1.807, 2.05) is 0 Å². The Morgan fingerprint density at radius 1 is 1.39 bits per heavy atom. The molecule has 0 radical (unpaired) electrons. The first-order valence-electron chi connectivity index (χ1n) is 5.32. The lowest BCUT2D eigenvalue weighted by Crippen LogP contribution is -2.39. The van der Waals surface area contributed by atoms with Gasteiger partial charge in [-0.25, -0.2) is 0 Å². The molecule has 106 valence electrons. The van der Waals surface area contributed by atoms with Crippen LogP contribution in [0.1, 0.15) is 13.8 Å². The SMILES string of the molecule is CCN(CC(C)C(=O)O)C(=O)COCC(F)(F)F. The van der Waals surface area contributed by atoms with E-state index in [1.54, 1.807) is 6.92 Å². The number of hydrogen-bond acceptors (Lipinski definition) is 3. The smallest absolute Gasteiger partial charge is 0.411 e. The minimum atomic E-state index is -4.48. The summed E-state index contributed by atoms with van der Waals surface area (Å²) in [4.78, 5) is 23.2. The van der Waals surface area contributed by atoms with Crippen LogP contribution in [0.3, 0.4) is 0 Å². The summed E-state index contributed by atoms with van der Waals surface area (Å²) >= 11 is 0. The van der Waals surface area contributed by atoms with Crippen LogP contribution in [0.2, 0.25) is 0 Å². The number of likely N-dealkylation sites (N-methyl/N-ethyl adjacent to an activating group) is 1. The molecule has 0 aliphatic rings. The van der Waals surface area contributed by atoms with Crippen molar-refractivity contribution in [3.05, 3.63) is 0 Å². The van der Waals surface area contributed by atoms with Gasteiger partial charge in [-0.05, 0) is 6.92 Å². The summed E-state index contributed by atoms with van der Waals surface area (Å²) in [7, 11) is 0. The first kappa shape index (κ1) is 16.7. The number of amides is 1. The number of nitrogens with zero attached hydrogens (tertiary/aromatic N) is 1. The van der Waals surface area contributed by atoms with E-state index in [0.29, 0.717) is 0 Å². The van der Waals surface area contributed by atoms with E-state index in [-0.39, 0.29) is 13.1 Å². The molecule has 0 aliphatic heterocycles. The molecule has 1 unspecified atom stereocenters. The van der Waals surface area contributed by atoms with Gasteiger partial charge in [0.1, 0.15) is 13.2 Å². The van der Waals surface area contributed by atoms with Crippen molar-refractivity contribution >= 4 is 11.9 Å². The van der Waals surface area contributed by atoms with Gasteiger partial charge in [0, 0.05) is 13.1 Å². The molecule has 0 saturated heterocycles. The molecule has 0 aliphatic carbocycles. The molecule has 0 saturated carbocycles. The van der Waals surface area contributed by atoms with Crippen LogP contribution in [0, 0.1) is 5.92 Å². The van der Waals surface area contributed by atoms with Crippen LogP contribution in [-0.4, -0.2) is 54.4 Å². The largest absolute Gasteiger partial charge is 0.481 e. The number of carbonyl (C=O) groups excluding carboxylic acids is 1. The molecule has 1 amide bonds.